The Morgan fingerprint density at radius 2 is 1.89 bits per heavy atom. The van der Waals surface area contributed by atoms with Crippen molar-refractivity contribution in [3.8, 4) is 5.75 Å². The van der Waals surface area contributed by atoms with E-state index < -0.39 is 24.4 Å². The predicted octanol–water partition coefficient (Wildman–Crippen LogP) is 4.37. The molecule has 0 aliphatic carbocycles. The molecule has 2 heterocycles. The van der Waals surface area contributed by atoms with E-state index in [1.807, 2.05) is 37.3 Å². The Labute approximate surface area is 209 Å². The van der Waals surface area contributed by atoms with E-state index in [0.29, 0.717) is 50.3 Å². The standard InChI is InChI=1S/C27H33F3N2O4/c1-20-16-22(8-9-23(20)35-15-5-14-33)25(34)32-12-10-26(11-13-32)18-31(19-27(28,29)30)17-24(36-26)21-6-3-2-4-7-21/h2-4,6-9,16,24,33H,5,10-15,17-19H2,1H3. The summed E-state index contributed by atoms with van der Waals surface area (Å²) in [6.07, 6.45) is -3.27. The number of carbonyl (C=O) groups excluding carboxylic acids is 1. The molecule has 2 saturated heterocycles. The molecular weight excluding hydrogens is 473 g/mol. The van der Waals surface area contributed by atoms with Crippen LogP contribution in [0.5, 0.6) is 5.75 Å². The number of morpholine rings is 1. The summed E-state index contributed by atoms with van der Waals surface area (Å²) in [4.78, 5) is 16.4. The van der Waals surface area contributed by atoms with Gasteiger partial charge in [0.05, 0.1) is 24.9 Å². The Kier molecular flexibility index (Phi) is 8.22. The minimum absolute atomic E-state index is 0.0514. The lowest BCUT2D eigenvalue weighted by atomic mass is 9.87. The van der Waals surface area contributed by atoms with E-state index in [0.717, 1.165) is 11.1 Å². The van der Waals surface area contributed by atoms with Crippen molar-refractivity contribution in [1.82, 2.24) is 9.80 Å². The predicted molar refractivity (Wildman–Crippen MR) is 129 cm³/mol. The zero-order valence-corrected chi connectivity index (χ0v) is 20.5. The zero-order valence-electron chi connectivity index (χ0n) is 20.5. The van der Waals surface area contributed by atoms with Gasteiger partial charge >= 0.3 is 6.18 Å². The van der Waals surface area contributed by atoms with Crippen molar-refractivity contribution in [2.45, 2.75) is 44.1 Å². The Bertz CT molecular complexity index is 1020. The lowest BCUT2D eigenvalue weighted by Gasteiger charge is -2.50. The molecule has 1 unspecified atom stereocenters. The maximum absolute atomic E-state index is 13.3. The molecule has 1 amide bonds. The Morgan fingerprint density at radius 3 is 2.53 bits per heavy atom. The highest BCUT2D eigenvalue weighted by molar-refractivity contribution is 5.94. The summed E-state index contributed by atoms with van der Waals surface area (Å²) in [6, 6.07) is 14.6. The van der Waals surface area contributed by atoms with Crippen LogP contribution in [0.15, 0.2) is 48.5 Å². The van der Waals surface area contributed by atoms with Crippen LogP contribution in [0.2, 0.25) is 0 Å². The number of hydrogen-bond donors (Lipinski definition) is 1. The summed E-state index contributed by atoms with van der Waals surface area (Å²) in [7, 11) is 0. The van der Waals surface area contributed by atoms with Crippen molar-refractivity contribution in [3.63, 3.8) is 0 Å². The van der Waals surface area contributed by atoms with Crippen molar-refractivity contribution in [2.75, 3.05) is 45.9 Å². The number of aliphatic hydroxyl groups is 1. The molecule has 4 rings (SSSR count). The van der Waals surface area contributed by atoms with Gasteiger partial charge in [0.25, 0.3) is 5.91 Å². The van der Waals surface area contributed by atoms with E-state index in [9.17, 15) is 18.0 Å². The number of piperidine rings is 1. The summed E-state index contributed by atoms with van der Waals surface area (Å²) < 4.78 is 51.9. The van der Waals surface area contributed by atoms with E-state index >= 15 is 0 Å². The first kappa shape index (κ1) is 26.4. The number of alkyl halides is 3. The van der Waals surface area contributed by atoms with Crippen molar-refractivity contribution >= 4 is 5.91 Å². The quantitative estimate of drug-likeness (QED) is 0.566. The van der Waals surface area contributed by atoms with Crippen LogP contribution in [0.1, 0.15) is 46.9 Å². The lowest BCUT2D eigenvalue weighted by molar-refractivity contribution is -0.205. The molecule has 36 heavy (non-hydrogen) atoms. The first-order chi connectivity index (χ1) is 17.2. The molecule has 0 aromatic heterocycles. The highest BCUT2D eigenvalue weighted by Crippen LogP contribution is 2.39. The number of ether oxygens (including phenoxy) is 2. The van der Waals surface area contributed by atoms with Crippen LogP contribution >= 0.6 is 0 Å². The molecule has 196 valence electrons. The fourth-order valence-corrected chi connectivity index (χ4v) is 5.06. The Balaban J connectivity index is 1.43. The fourth-order valence-electron chi connectivity index (χ4n) is 5.06. The van der Waals surface area contributed by atoms with Crippen LogP contribution in [-0.4, -0.2) is 78.5 Å². The van der Waals surface area contributed by atoms with Gasteiger partial charge in [-0.15, -0.1) is 0 Å². The van der Waals surface area contributed by atoms with Crippen LogP contribution in [0.25, 0.3) is 0 Å². The van der Waals surface area contributed by atoms with Crippen molar-refractivity contribution in [2.24, 2.45) is 0 Å². The zero-order chi connectivity index (χ0) is 25.8. The topological polar surface area (TPSA) is 62.2 Å². The van der Waals surface area contributed by atoms with Gasteiger partial charge in [0.2, 0.25) is 0 Å². The molecule has 2 aromatic rings. The minimum Gasteiger partial charge on any atom is -0.493 e. The SMILES string of the molecule is Cc1cc(C(=O)N2CCC3(CC2)CN(CC(F)(F)F)CC(c2ccccc2)O3)ccc1OCCCO. The molecule has 0 saturated carbocycles. The van der Waals surface area contributed by atoms with Gasteiger partial charge in [-0.05, 0) is 49.1 Å². The van der Waals surface area contributed by atoms with Crippen LogP contribution in [-0.2, 0) is 4.74 Å². The average Bonchev–Trinajstić information content (AvgIpc) is 2.84. The van der Waals surface area contributed by atoms with Gasteiger partial charge in [-0.3, -0.25) is 9.69 Å². The van der Waals surface area contributed by atoms with E-state index in [1.54, 1.807) is 23.1 Å². The summed E-state index contributed by atoms with van der Waals surface area (Å²) in [5.41, 5.74) is 1.50. The van der Waals surface area contributed by atoms with Gasteiger partial charge in [0, 0.05) is 44.8 Å². The second-order valence-corrected chi connectivity index (χ2v) is 9.68. The van der Waals surface area contributed by atoms with Gasteiger partial charge in [-0.1, -0.05) is 30.3 Å². The Morgan fingerprint density at radius 1 is 1.17 bits per heavy atom. The van der Waals surface area contributed by atoms with Gasteiger partial charge in [-0.25, -0.2) is 0 Å². The maximum atomic E-state index is 13.3. The van der Waals surface area contributed by atoms with Crippen molar-refractivity contribution in [3.05, 3.63) is 65.2 Å². The van der Waals surface area contributed by atoms with E-state index in [-0.39, 0.29) is 25.6 Å². The number of halogens is 3. The van der Waals surface area contributed by atoms with Crippen LogP contribution in [0, 0.1) is 6.92 Å². The monoisotopic (exact) mass is 506 g/mol. The second kappa shape index (κ2) is 11.2. The molecule has 2 aliphatic heterocycles. The first-order valence-corrected chi connectivity index (χ1v) is 12.3. The third kappa shape index (κ3) is 6.57. The highest BCUT2D eigenvalue weighted by Gasteiger charge is 2.46. The van der Waals surface area contributed by atoms with Crippen molar-refractivity contribution < 1.29 is 32.5 Å². The normalized spacial score (nSPS) is 20.5. The molecule has 1 N–H and O–H groups in total. The summed E-state index contributed by atoms with van der Waals surface area (Å²) >= 11 is 0. The van der Waals surface area contributed by atoms with Crippen LogP contribution < -0.4 is 4.74 Å². The largest absolute Gasteiger partial charge is 0.493 e. The number of likely N-dealkylation sites (tertiary alicyclic amines) is 1. The molecule has 2 aromatic carbocycles. The number of aryl methyl sites for hydroxylation is 1. The second-order valence-electron chi connectivity index (χ2n) is 9.68. The highest BCUT2D eigenvalue weighted by atomic mass is 19.4. The fraction of sp³-hybridized carbons (Fsp3) is 0.519. The molecule has 9 heteroatoms. The number of aliphatic hydroxyl groups excluding tert-OH is 1. The summed E-state index contributed by atoms with van der Waals surface area (Å²) in [6.45, 7) is 2.53. The third-order valence-electron chi connectivity index (χ3n) is 6.85. The molecular formula is C27H33F3N2O4. The first-order valence-electron chi connectivity index (χ1n) is 12.3. The van der Waals surface area contributed by atoms with Gasteiger partial charge in [0.15, 0.2) is 0 Å². The number of hydrogen-bond acceptors (Lipinski definition) is 5. The molecule has 1 spiro atoms. The Hall–Kier alpha value is -2.62. The molecule has 0 radical (unpaired) electrons. The summed E-state index contributed by atoms with van der Waals surface area (Å²) in [5, 5.41) is 8.91. The van der Waals surface area contributed by atoms with Crippen molar-refractivity contribution in [1.29, 1.82) is 0 Å². The molecule has 1 atom stereocenters. The van der Waals surface area contributed by atoms with Crippen LogP contribution in [0.3, 0.4) is 0 Å². The summed E-state index contributed by atoms with van der Waals surface area (Å²) in [5.74, 6) is 0.558. The molecule has 6 nitrogen and oxygen atoms in total. The number of amides is 1. The van der Waals surface area contributed by atoms with E-state index in [2.05, 4.69) is 0 Å². The molecule has 2 fully saturated rings. The van der Waals surface area contributed by atoms with Crippen LogP contribution in [0.4, 0.5) is 13.2 Å². The average molecular weight is 507 g/mol. The van der Waals surface area contributed by atoms with Gasteiger partial charge < -0.3 is 19.5 Å². The van der Waals surface area contributed by atoms with E-state index in [4.69, 9.17) is 14.6 Å². The number of carbonyl (C=O) groups is 1. The molecule has 2 aliphatic rings. The number of nitrogens with zero attached hydrogens (tertiary/aromatic N) is 2. The molecule has 0 bridgehead atoms. The lowest BCUT2D eigenvalue weighted by Crippen LogP contribution is -2.59. The maximum Gasteiger partial charge on any atom is 0.401 e. The minimum atomic E-state index is -4.29. The van der Waals surface area contributed by atoms with E-state index in [1.165, 1.54) is 4.90 Å². The smallest absolute Gasteiger partial charge is 0.401 e. The third-order valence-corrected chi connectivity index (χ3v) is 6.85. The number of rotatable bonds is 7. The number of benzene rings is 2. The van der Waals surface area contributed by atoms with Gasteiger partial charge in [0.1, 0.15) is 5.75 Å². The van der Waals surface area contributed by atoms with Gasteiger partial charge in [-0.2, -0.15) is 13.2 Å².